The molecular formula is C40H46N4O4. The van der Waals surface area contributed by atoms with E-state index in [1.165, 1.54) is 33.5 Å². The molecule has 250 valence electrons. The van der Waals surface area contributed by atoms with Crippen molar-refractivity contribution in [3.63, 3.8) is 0 Å². The molecule has 0 saturated heterocycles. The van der Waals surface area contributed by atoms with Crippen molar-refractivity contribution in [1.82, 2.24) is 20.3 Å². The molecule has 8 heteroatoms. The van der Waals surface area contributed by atoms with Gasteiger partial charge in [0.1, 0.15) is 0 Å². The molecule has 8 bridgehead atoms. The number of allylic oxidation sites excluding steroid dienone is 1. The molecule has 5 heterocycles. The lowest BCUT2D eigenvalue weighted by Gasteiger charge is -2.28. The minimum Gasteiger partial charge on any atom is -0.481 e. The maximum Gasteiger partial charge on any atom is 0.303 e. The van der Waals surface area contributed by atoms with Gasteiger partial charge in [0.15, 0.2) is 0 Å². The second kappa shape index (κ2) is 13.3. The summed E-state index contributed by atoms with van der Waals surface area (Å²) in [6.45, 7) is 12.9. The van der Waals surface area contributed by atoms with Crippen molar-refractivity contribution in [2.75, 3.05) is 0 Å². The Bertz CT molecular complexity index is 2090. The first-order valence-electron chi connectivity index (χ1n) is 17.0. The van der Waals surface area contributed by atoms with E-state index >= 15 is 0 Å². The molecule has 6 rings (SSSR count). The van der Waals surface area contributed by atoms with Gasteiger partial charge in [-0.3, -0.25) is 9.59 Å². The minimum absolute atomic E-state index is 0.00903. The van der Waals surface area contributed by atoms with Gasteiger partial charge >= 0.3 is 11.9 Å². The van der Waals surface area contributed by atoms with Gasteiger partial charge in [-0.2, -0.15) is 0 Å². The Hall–Kier alpha value is -4.98. The van der Waals surface area contributed by atoms with Crippen LogP contribution in [0, 0.1) is 20.8 Å². The molecule has 0 spiro atoms. The highest BCUT2D eigenvalue weighted by Crippen LogP contribution is 2.41. The van der Waals surface area contributed by atoms with E-state index in [0.717, 1.165) is 68.6 Å². The number of benzene rings is 1. The number of aliphatic carboxylic acids is 2. The molecule has 48 heavy (non-hydrogen) atoms. The first-order chi connectivity index (χ1) is 23.0. The van der Waals surface area contributed by atoms with E-state index in [9.17, 15) is 19.8 Å². The van der Waals surface area contributed by atoms with E-state index in [-0.39, 0.29) is 24.8 Å². The summed E-state index contributed by atoms with van der Waals surface area (Å²) < 4.78 is 0. The van der Waals surface area contributed by atoms with Crippen LogP contribution in [-0.2, 0) is 28.9 Å². The molecule has 4 aromatic rings. The Morgan fingerprint density at radius 1 is 0.688 bits per heavy atom. The van der Waals surface area contributed by atoms with Gasteiger partial charge in [-0.1, -0.05) is 44.2 Å². The standard InChI is InChI=1S/C40H46N4O4/c1-7-26-24(6)39-38(25-12-10-9-11-13-25)40-27(8-2)21(3)32(43-40)18-30-22(4)28(14-16-36(45)46)34(41-30)20-35-29(15-17-37(47)48)23(5)31(42-35)19-33(26)44-39/h9-13,18-20,38,40-44H,7-8,14-17H2,1-6H3,(H,45,46)(H,47,48)/b31-19-,32-18-,35-20-/t38-,40?/m1/s1. The van der Waals surface area contributed by atoms with Crippen molar-refractivity contribution in [2.45, 2.75) is 92.0 Å². The highest BCUT2D eigenvalue weighted by molar-refractivity contribution is 5.71. The number of H-pyrrole nitrogens is 3. The number of aromatic nitrogens is 3. The average molecular weight is 647 g/mol. The van der Waals surface area contributed by atoms with Crippen molar-refractivity contribution >= 4 is 30.2 Å². The molecule has 0 saturated carbocycles. The van der Waals surface area contributed by atoms with Crippen molar-refractivity contribution in [1.29, 1.82) is 0 Å². The van der Waals surface area contributed by atoms with Crippen molar-refractivity contribution in [3.8, 4) is 0 Å². The Morgan fingerprint density at radius 2 is 1.33 bits per heavy atom. The van der Waals surface area contributed by atoms with E-state index in [1.54, 1.807) is 0 Å². The van der Waals surface area contributed by atoms with E-state index < -0.39 is 11.9 Å². The molecule has 0 fully saturated rings. The molecule has 0 amide bonds. The summed E-state index contributed by atoms with van der Waals surface area (Å²) in [6, 6.07) is 10.7. The number of aromatic amines is 3. The van der Waals surface area contributed by atoms with Gasteiger partial charge in [-0.25, -0.2) is 0 Å². The minimum atomic E-state index is -0.848. The van der Waals surface area contributed by atoms with Crippen molar-refractivity contribution in [2.24, 2.45) is 0 Å². The summed E-state index contributed by atoms with van der Waals surface area (Å²) in [6.07, 6.45) is 8.90. The van der Waals surface area contributed by atoms with Crippen LogP contribution in [0.5, 0.6) is 0 Å². The highest BCUT2D eigenvalue weighted by atomic mass is 16.4. The molecule has 1 aromatic carbocycles. The smallest absolute Gasteiger partial charge is 0.303 e. The first kappa shape index (κ1) is 32.9. The van der Waals surface area contributed by atoms with Gasteiger partial charge in [0, 0.05) is 57.9 Å². The number of nitrogens with one attached hydrogen (secondary N) is 4. The number of carboxylic acid groups (broad SMARTS) is 2. The molecule has 2 atom stereocenters. The number of hydrogen-bond acceptors (Lipinski definition) is 3. The van der Waals surface area contributed by atoms with E-state index in [0.29, 0.717) is 12.8 Å². The SMILES string of the molecule is CCC1=C(C)/C2=C/c3[nH]c(c(CCC(=O)O)c3C)/C=c3\[nH]/c(c(C)c3CCC(=O)O)=C\c3[nH]c(c(C)c3CC)[C@@H](c3ccccc3)C1N2. The van der Waals surface area contributed by atoms with Crippen molar-refractivity contribution < 1.29 is 19.8 Å². The molecular weight excluding hydrogens is 600 g/mol. The maximum atomic E-state index is 11.7. The second-order valence-electron chi connectivity index (χ2n) is 13.2. The molecule has 8 nitrogen and oxygen atoms in total. The number of rotatable bonds is 9. The van der Waals surface area contributed by atoms with Gasteiger partial charge in [0.05, 0.1) is 6.04 Å². The Labute approximate surface area is 281 Å². The molecule has 0 aliphatic carbocycles. The van der Waals surface area contributed by atoms with Crippen LogP contribution in [0.15, 0.2) is 47.2 Å². The van der Waals surface area contributed by atoms with E-state index in [1.807, 2.05) is 19.9 Å². The third kappa shape index (κ3) is 5.96. The topological polar surface area (TPSA) is 134 Å². The number of carbonyl (C=O) groups is 2. The van der Waals surface area contributed by atoms with E-state index in [2.05, 4.69) is 90.4 Å². The fraction of sp³-hybridized carbons (Fsp3) is 0.350. The van der Waals surface area contributed by atoms with Crippen LogP contribution >= 0.6 is 0 Å². The van der Waals surface area contributed by atoms with Crippen LogP contribution in [-0.4, -0.2) is 43.1 Å². The van der Waals surface area contributed by atoms with E-state index in [4.69, 9.17) is 0 Å². The highest BCUT2D eigenvalue weighted by Gasteiger charge is 2.36. The van der Waals surface area contributed by atoms with Gasteiger partial charge < -0.3 is 30.5 Å². The van der Waals surface area contributed by atoms with Gasteiger partial charge in [0.2, 0.25) is 0 Å². The zero-order valence-corrected chi connectivity index (χ0v) is 28.7. The fourth-order valence-corrected chi connectivity index (χ4v) is 7.88. The van der Waals surface area contributed by atoms with Crippen LogP contribution in [0.25, 0.3) is 18.2 Å². The van der Waals surface area contributed by atoms with Crippen LogP contribution in [0.4, 0.5) is 0 Å². The van der Waals surface area contributed by atoms with Gasteiger partial charge in [0.25, 0.3) is 0 Å². The number of carboxylic acids is 2. The predicted octanol–water partition coefficient (Wildman–Crippen LogP) is 6.04. The van der Waals surface area contributed by atoms with Gasteiger partial charge in [-0.15, -0.1) is 0 Å². The molecule has 1 unspecified atom stereocenters. The maximum absolute atomic E-state index is 11.7. The molecule has 6 N–H and O–H groups in total. The largest absolute Gasteiger partial charge is 0.481 e. The van der Waals surface area contributed by atoms with Crippen LogP contribution in [0.1, 0.15) is 108 Å². The average Bonchev–Trinajstić information content (AvgIpc) is 3.72. The Balaban J connectivity index is 1.70. The lowest BCUT2D eigenvalue weighted by atomic mass is 9.82. The molecule has 0 radical (unpaired) electrons. The van der Waals surface area contributed by atoms with Crippen LogP contribution in [0.3, 0.4) is 0 Å². The Kier molecular flexibility index (Phi) is 9.10. The molecule has 3 aromatic heterocycles. The monoisotopic (exact) mass is 646 g/mol. The first-order valence-corrected chi connectivity index (χ1v) is 17.0. The van der Waals surface area contributed by atoms with Crippen LogP contribution in [0.2, 0.25) is 0 Å². The Morgan fingerprint density at radius 3 is 1.98 bits per heavy atom. The number of fused-ring (bicyclic) bond motifs is 8. The number of hydrogen-bond donors (Lipinski definition) is 6. The molecule has 2 aliphatic heterocycles. The quantitative estimate of drug-likeness (QED) is 0.132. The summed E-state index contributed by atoms with van der Waals surface area (Å²) in [5.41, 5.74) is 15.3. The second-order valence-corrected chi connectivity index (χ2v) is 13.2. The summed E-state index contributed by atoms with van der Waals surface area (Å²) in [4.78, 5) is 34.6. The zero-order chi connectivity index (χ0) is 34.3. The van der Waals surface area contributed by atoms with Crippen molar-refractivity contribution in [3.05, 3.63) is 120 Å². The van der Waals surface area contributed by atoms with Gasteiger partial charge in [-0.05, 0) is 122 Å². The summed E-state index contributed by atoms with van der Waals surface area (Å²) in [5, 5.41) is 24.9. The fourth-order valence-electron chi connectivity index (χ4n) is 7.88. The molecule has 2 aliphatic rings. The summed E-state index contributed by atoms with van der Waals surface area (Å²) in [7, 11) is 0. The predicted molar refractivity (Wildman–Crippen MR) is 190 cm³/mol. The lowest BCUT2D eigenvalue weighted by Crippen LogP contribution is -2.32. The zero-order valence-electron chi connectivity index (χ0n) is 28.7. The normalized spacial score (nSPS) is 19.6. The van der Waals surface area contributed by atoms with Crippen LogP contribution < -0.4 is 16.0 Å². The third-order valence-electron chi connectivity index (χ3n) is 10.5. The third-order valence-corrected chi connectivity index (χ3v) is 10.5. The summed E-state index contributed by atoms with van der Waals surface area (Å²) >= 11 is 0. The summed E-state index contributed by atoms with van der Waals surface area (Å²) in [5.74, 6) is -1.67. The lowest BCUT2D eigenvalue weighted by molar-refractivity contribution is -0.138.